The van der Waals surface area contributed by atoms with Gasteiger partial charge in [-0.3, -0.25) is 10.1 Å². The lowest BCUT2D eigenvalue weighted by atomic mass is 10.1. The molecule has 0 unspecified atom stereocenters. The molecule has 3 heterocycles. The average Bonchev–Trinajstić information content (AvgIpc) is 2.85. The van der Waals surface area contributed by atoms with Crippen molar-refractivity contribution >= 4 is 35.8 Å². The van der Waals surface area contributed by atoms with Crippen molar-refractivity contribution < 1.29 is 4.92 Å². The summed E-state index contributed by atoms with van der Waals surface area (Å²) in [5.41, 5.74) is 3.47. The maximum absolute atomic E-state index is 11.1. The maximum atomic E-state index is 11.1. The second kappa shape index (κ2) is 10.7. The van der Waals surface area contributed by atoms with E-state index in [4.69, 9.17) is 4.98 Å². The van der Waals surface area contributed by atoms with Crippen molar-refractivity contribution in [2.24, 2.45) is 5.10 Å². The van der Waals surface area contributed by atoms with Crippen LogP contribution in [-0.4, -0.2) is 52.3 Å². The molecule has 0 saturated carbocycles. The van der Waals surface area contributed by atoms with E-state index in [0.29, 0.717) is 23.4 Å². The van der Waals surface area contributed by atoms with Crippen LogP contribution in [0.15, 0.2) is 35.4 Å². The van der Waals surface area contributed by atoms with Gasteiger partial charge < -0.3 is 9.80 Å². The fourth-order valence-corrected chi connectivity index (χ4v) is 3.95. The normalized spacial score (nSPS) is 17.2. The molecular formula is C22H28N8O2. The molecule has 2 aliphatic rings. The van der Waals surface area contributed by atoms with Crippen LogP contribution in [0.25, 0.3) is 6.08 Å². The lowest BCUT2D eigenvalue weighted by Gasteiger charge is -2.30. The van der Waals surface area contributed by atoms with E-state index < -0.39 is 4.92 Å². The van der Waals surface area contributed by atoms with Crippen molar-refractivity contribution in [3.05, 3.63) is 46.0 Å². The maximum Gasteiger partial charge on any atom is 0.276 e. The molecule has 0 spiro atoms. The van der Waals surface area contributed by atoms with Crippen LogP contribution < -0.4 is 15.2 Å². The molecule has 1 N–H and O–H groups in total. The summed E-state index contributed by atoms with van der Waals surface area (Å²) >= 11 is 0. The number of nitrogens with zero attached hydrogens (tertiary/aromatic N) is 7. The Kier molecular flexibility index (Phi) is 7.21. The minimum atomic E-state index is -0.399. The van der Waals surface area contributed by atoms with Crippen molar-refractivity contribution in [1.82, 2.24) is 15.0 Å². The topological polar surface area (TPSA) is 113 Å². The molecular weight excluding hydrogens is 408 g/mol. The number of piperidine rings is 2. The van der Waals surface area contributed by atoms with Gasteiger partial charge in [0.25, 0.3) is 5.69 Å². The van der Waals surface area contributed by atoms with E-state index in [1.165, 1.54) is 25.1 Å². The third-order valence-corrected chi connectivity index (χ3v) is 5.62. The second-order valence-electron chi connectivity index (χ2n) is 7.92. The van der Waals surface area contributed by atoms with Crippen LogP contribution in [0.5, 0.6) is 0 Å². The van der Waals surface area contributed by atoms with Gasteiger partial charge in [0.15, 0.2) is 0 Å². The van der Waals surface area contributed by atoms with Gasteiger partial charge in [0.1, 0.15) is 0 Å². The Hall–Kier alpha value is -3.56. The van der Waals surface area contributed by atoms with E-state index in [1.54, 1.807) is 30.4 Å². The number of nitro benzene ring substituents is 1. The van der Waals surface area contributed by atoms with Crippen molar-refractivity contribution in [3.63, 3.8) is 0 Å². The van der Waals surface area contributed by atoms with Gasteiger partial charge in [-0.1, -0.05) is 12.1 Å². The third-order valence-electron chi connectivity index (χ3n) is 5.62. The summed E-state index contributed by atoms with van der Waals surface area (Å²) in [5.74, 6) is 1.78. The number of nitrogens with one attached hydrogen (secondary N) is 1. The van der Waals surface area contributed by atoms with E-state index in [9.17, 15) is 10.1 Å². The highest BCUT2D eigenvalue weighted by atomic mass is 16.6. The summed E-state index contributed by atoms with van der Waals surface area (Å²) in [6.45, 7) is 3.80. The summed E-state index contributed by atoms with van der Waals surface area (Å²) in [7, 11) is 0. The Morgan fingerprint density at radius 2 is 1.50 bits per heavy atom. The fourth-order valence-electron chi connectivity index (χ4n) is 3.95. The van der Waals surface area contributed by atoms with Crippen LogP contribution in [0.4, 0.5) is 23.5 Å². The first-order chi connectivity index (χ1) is 15.7. The molecule has 10 heteroatoms. The molecule has 0 bridgehead atoms. The number of nitro groups is 1. The molecule has 168 valence electrons. The third kappa shape index (κ3) is 5.57. The van der Waals surface area contributed by atoms with Crippen LogP contribution in [-0.2, 0) is 0 Å². The van der Waals surface area contributed by atoms with Crippen LogP contribution in [0.1, 0.15) is 44.1 Å². The molecule has 2 fully saturated rings. The van der Waals surface area contributed by atoms with Gasteiger partial charge in [-0.2, -0.15) is 20.1 Å². The molecule has 0 aliphatic carbocycles. The van der Waals surface area contributed by atoms with E-state index in [1.807, 2.05) is 0 Å². The summed E-state index contributed by atoms with van der Waals surface area (Å²) in [6.07, 6.45) is 11.9. The van der Waals surface area contributed by atoms with E-state index in [2.05, 4.69) is 30.3 Å². The van der Waals surface area contributed by atoms with Gasteiger partial charge in [-0.05, 0) is 56.7 Å². The minimum absolute atomic E-state index is 0.0555. The Labute approximate surface area is 187 Å². The molecule has 2 aliphatic heterocycles. The SMILES string of the molecule is O=[N+]([O-])c1ccccc1/C=C/C=N\Nc1nc(N2CCCCC2)nc(N2CCCCC2)n1. The standard InChI is InChI=1S/C22H28N8O2/c31-30(32)19-12-4-3-10-18(19)11-9-13-23-27-20-24-21(28-14-5-1-6-15-28)26-22(25-20)29-16-7-2-8-17-29/h3-4,9-13H,1-2,5-8,14-17H2,(H,24,25,26,27)/b11-9+,23-13-. The highest BCUT2D eigenvalue weighted by molar-refractivity contribution is 5.80. The first-order valence-electron chi connectivity index (χ1n) is 11.2. The summed E-state index contributed by atoms with van der Waals surface area (Å²) in [5, 5.41) is 15.3. The Balaban J connectivity index is 1.48. The number of hydrazone groups is 1. The monoisotopic (exact) mass is 436 g/mol. The second-order valence-corrected chi connectivity index (χ2v) is 7.92. The first-order valence-corrected chi connectivity index (χ1v) is 11.2. The van der Waals surface area contributed by atoms with Crippen LogP contribution in [0, 0.1) is 10.1 Å². The highest BCUT2D eigenvalue weighted by Gasteiger charge is 2.20. The largest absolute Gasteiger partial charge is 0.341 e. The van der Waals surface area contributed by atoms with Crippen LogP contribution in [0.2, 0.25) is 0 Å². The molecule has 1 aromatic carbocycles. The van der Waals surface area contributed by atoms with Gasteiger partial charge >= 0.3 is 0 Å². The van der Waals surface area contributed by atoms with E-state index in [0.717, 1.165) is 51.9 Å². The van der Waals surface area contributed by atoms with Gasteiger partial charge in [0.2, 0.25) is 17.8 Å². The predicted molar refractivity (Wildman–Crippen MR) is 126 cm³/mol. The summed E-state index contributed by atoms with van der Waals surface area (Å²) < 4.78 is 0. The molecule has 2 saturated heterocycles. The Morgan fingerprint density at radius 1 is 0.906 bits per heavy atom. The van der Waals surface area contributed by atoms with Crippen molar-refractivity contribution in [2.45, 2.75) is 38.5 Å². The molecule has 0 radical (unpaired) electrons. The molecule has 1 aromatic heterocycles. The van der Waals surface area contributed by atoms with E-state index in [-0.39, 0.29) is 5.69 Å². The van der Waals surface area contributed by atoms with Gasteiger partial charge in [-0.25, -0.2) is 5.43 Å². The van der Waals surface area contributed by atoms with Crippen LogP contribution >= 0.6 is 0 Å². The number of anilines is 3. The predicted octanol–water partition coefficient (Wildman–Crippen LogP) is 3.87. The lowest BCUT2D eigenvalue weighted by molar-refractivity contribution is -0.385. The number of para-hydroxylation sites is 1. The van der Waals surface area contributed by atoms with Crippen molar-refractivity contribution in [2.75, 3.05) is 41.4 Å². The van der Waals surface area contributed by atoms with Crippen molar-refractivity contribution in [1.29, 1.82) is 0 Å². The fraction of sp³-hybridized carbons (Fsp3) is 0.455. The zero-order chi connectivity index (χ0) is 22.2. The number of aromatic nitrogens is 3. The quantitative estimate of drug-likeness (QED) is 0.395. The lowest BCUT2D eigenvalue weighted by Crippen LogP contribution is -2.34. The number of rotatable bonds is 7. The highest BCUT2D eigenvalue weighted by Crippen LogP contribution is 2.22. The van der Waals surface area contributed by atoms with Gasteiger partial charge in [0.05, 0.1) is 10.5 Å². The molecule has 2 aromatic rings. The first kappa shape index (κ1) is 21.7. The number of hydrogen-bond acceptors (Lipinski definition) is 9. The average molecular weight is 437 g/mol. The number of allylic oxidation sites excluding steroid dienone is 1. The number of hydrogen-bond donors (Lipinski definition) is 1. The Bertz CT molecular complexity index is 945. The molecule has 4 rings (SSSR count). The zero-order valence-electron chi connectivity index (χ0n) is 18.1. The van der Waals surface area contributed by atoms with Crippen molar-refractivity contribution in [3.8, 4) is 0 Å². The smallest absolute Gasteiger partial charge is 0.276 e. The summed E-state index contributed by atoms with van der Waals surface area (Å²) in [4.78, 5) is 29.1. The molecule has 0 amide bonds. The van der Waals surface area contributed by atoms with Gasteiger partial charge in [0, 0.05) is 38.5 Å². The number of benzene rings is 1. The van der Waals surface area contributed by atoms with Crippen LogP contribution in [0.3, 0.4) is 0 Å². The molecule has 0 atom stereocenters. The summed E-state index contributed by atoms with van der Waals surface area (Å²) in [6, 6.07) is 6.57. The Morgan fingerprint density at radius 3 is 2.09 bits per heavy atom. The zero-order valence-corrected chi connectivity index (χ0v) is 18.1. The molecule has 32 heavy (non-hydrogen) atoms. The van der Waals surface area contributed by atoms with Gasteiger partial charge in [-0.15, -0.1) is 0 Å². The molecule has 10 nitrogen and oxygen atoms in total. The minimum Gasteiger partial charge on any atom is -0.341 e. The van der Waals surface area contributed by atoms with E-state index >= 15 is 0 Å².